The molecule has 0 radical (unpaired) electrons. The zero-order chi connectivity index (χ0) is 22.6. The number of sulfone groups is 1. The molecule has 5 aliphatic rings. The maximum Gasteiger partial charge on any atom is 0.312 e. The Labute approximate surface area is 198 Å². The Bertz CT molecular complexity index is 996. The number of benzene rings is 1. The smallest absolute Gasteiger partial charge is 0.312 e. The molecule has 1 heterocycles. The molecule has 4 saturated carbocycles. The van der Waals surface area contributed by atoms with E-state index in [0.29, 0.717) is 24.8 Å². The van der Waals surface area contributed by atoms with Gasteiger partial charge in [-0.15, -0.1) is 0 Å². The van der Waals surface area contributed by atoms with E-state index >= 15 is 0 Å². The first kappa shape index (κ1) is 22.4. The lowest BCUT2D eigenvalue weighted by atomic mass is 9.49. The number of rotatable bonds is 6. The SMILES string of the molecule is O=C(COC(=O)C12CC3CC(CC(Br)(C3)C1)C2)N(Cc1ccccc1)C1CCS(=O)(=O)C1. The van der Waals surface area contributed by atoms with Gasteiger partial charge in [-0.25, -0.2) is 8.42 Å². The van der Waals surface area contributed by atoms with E-state index < -0.39 is 15.3 Å². The van der Waals surface area contributed by atoms with E-state index in [9.17, 15) is 18.0 Å². The van der Waals surface area contributed by atoms with Crippen LogP contribution in [0.25, 0.3) is 0 Å². The third-order valence-corrected chi connectivity index (χ3v) is 10.6. The van der Waals surface area contributed by atoms with Gasteiger partial charge in [0.2, 0.25) is 0 Å². The van der Waals surface area contributed by atoms with E-state index in [4.69, 9.17) is 4.74 Å². The van der Waals surface area contributed by atoms with Crippen LogP contribution < -0.4 is 0 Å². The van der Waals surface area contributed by atoms with E-state index in [0.717, 1.165) is 37.7 Å². The number of esters is 1. The molecule has 0 spiro atoms. The number of alkyl halides is 1. The summed E-state index contributed by atoms with van der Waals surface area (Å²) in [6, 6.07) is 9.15. The maximum absolute atomic E-state index is 13.2. The molecule has 4 aliphatic carbocycles. The van der Waals surface area contributed by atoms with Gasteiger partial charge in [-0.2, -0.15) is 0 Å². The number of carbonyl (C=O) groups excluding carboxylic acids is 2. The first-order chi connectivity index (χ1) is 15.2. The molecule has 3 atom stereocenters. The van der Waals surface area contributed by atoms with Crippen molar-refractivity contribution in [2.45, 2.75) is 61.9 Å². The third-order valence-electron chi connectivity index (χ3n) is 7.91. The van der Waals surface area contributed by atoms with Crippen LogP contribution in [-0.2, 0) is 30.7 Å². The molecule has 6 rings (SSSR count). The van der Waals surface area contributed by atoms with Crippen molar-refractivity contribution in [2.24, 2.45) is 17.3 Å². The number of ether oxygens (including phenoxy) is 1. The second-order valence-corrected chi connectivity index (χ2v) is 14.4. The van der Waals surface area contributed by atoms with Gasteiger partial charge in [0.25, 0.3) is 5.91 Å². The Kier molecular flexibility index (Phi) is 5.68. The van der Waals surface area contributed by atoms with Crippen LogP contribution >= 0.6 is 15.9 Å². The van der Waals surface area contributed by atoms with E-state index in [2.05, 4.69) is 15.9 Å². The van der Waals surface area contributed by atoms with Gasteiger partial charge in [0, 0.05) is 16.9 Å². The molecule has 5 fully saturated rings. The zero-order valence-electron chi connectivity index (χ0n) is 18.2. The molecule has 6 nitrogen and oxygen atoms in total. The topological polar surface area (TPSA) is 80.8 Å². The molecule has 4 bridgehead atoms. The van der Waals surface area contributed by atoms with Crippen LogP contribution in [0.3, 0.4) is 0 Å². The van der Waals surface area contributed by atoms with Crippen molar-refractivity contribution >= 4 is 37.6 Å². The molecule has 1 saturated heterocycles. The van der Waals surface area contributed by atoms with Crippen LogP contribution in [0, 0.1) is 17.3 Å². The van der Waals surface area contributed by atoms with Crippen LogP contribution in [0.1, 0.15) is 50.5 Å². The zero-order valence-corrected chi connectivity index (χ0v) is 20.6. The third kappa shape index (κ3) is 4.37. The van der Waals surface area contributed by atoms with Crippen LogP contribution in [0.5, 0.6) is 0 Å². The van der Waals surface area contributed by atoms with E-state index in [1.54, 1.807) is 4.90 Å². The first-order valence-electron chi connectivity index (χ1n) is 11.6. The minimum absolute atomic E-state index is 0.0288. The molecular formula is C24H30BrNO5S. The average molecular weight is 524 g/mol. The van der Waals surface area contributed by atoms with Crippen molar-refractivity contribution in [1.82, 2.24) is 4.90 Å². The summed E-state index contributed by atoms with van der Waals surface area (Å²) in [6.45, 7) is -0.00814. The summed E-state index contributed by atoms with van der Waals surface area (Å²) in [5.41, 5.74) is 0.452. The molecule has 0 N–H and O–H groups in total. The quantitative estimate of drug-likeness (QED) is 0.421. The lowest BCUT2D eigenvalue weighted by molar-refractivity contribution is -0.173. The first-order valence-corrected chi connectivity index (χ1v) is 14.2. The van der Waals surface area contributed by atoms with Gasteiger partial charge in [0.15, 0.2) is 16.4 Å². The fraction of sp³-hybridized carbons (Fsp3) is 0.667. The van der Waals surface area contributed by atoms with Gasteiger partial charge in [0.05, 0.1) is 16.9 Å². The summed E-state index contributed by atoms with van der Waals surface area (Å²) < 4.78 is 29.8. The number of carbonyl (C=O) groups is 2. The van der Waals surface area contributed by atoms with E-state index in [-0.39, 0.29) is 40.4 Å². The molecule has 1 aromatic carbocycles. The van der Waals surface area contributed by atoms with Crippen molar-refractivity contribution in [3.8, 4) is 0 Å². The monoisotopic (exact) mass is 523 g/mol. The predicted octanol–water partition coefficient (Wildman–Crippen LogP) is 3.48. The van der Waals surface area contributed by atoms with Gasteiger partial charge in [-0.1, -0.05) is 46.3 Å². The summed E-state index contributed by atoms with van der Waals surface area (Å²) in [6.07, 6.45) is 6.37. The van der Waals surface area contributed by atoms with Crippen molar-refractivity contribution in [2.75, 3.05) is 18.1 Å². The number of hydrogen-bond acceptors (Lipinski definition) is 5. The summed E-state index contributed by atoms with van der Waals surface area (Å²) in [7, 11) is -3.14. The second-order valence-electron chi connectivity index (χ2n) is 10.5. The van der Waals surface area contributed by atoms with Gasteiger partial charge in [-0.3, -0.25) is 9.59 Å². The Hall–Kier alpha value is -1.41. The molecule has 32 heavy (non-hydrogen) atoms. The molecule has 1 aromatic rings. The van der Waals surface area contributed by atoms with Gasteiger partial charge in [0.1, 0.15) is 0 Å². The standard InChI is InChI=1S/C24H30BrNO5S/c25-24-11-18-8-19(12-24)10-23(9-18,16-24)22(28)31-14-21(27)26(13-17-4-2-1-3-5-17)20-6-7-32(29,30)15-20/h1-5,18-20H,6-16H2. The van der Waals surface area contributed by atoms with Gasteiger partial charge >= 0.3 is 5.97 Å². The van der Waals surface area contributed by atoms with Gasteiger partial charge < -0.3 is 9.64 Å². The largest absolute Gasteiger partial charge is 0.455 e. The molecule has 0 aromatic heterocycles. The number of halogens is 1. The summed E-state index contributed by atoms with van der Waals surface area (Å²) in [4.78, 5) is 28.0. The molecular weight excluding hydrogens is 494 g/mol. The van der Waals surface area contributed by atoms with Crippen LogP contribution in [0.4, 0.5) is 0 Å². The highest BCUT2D eigenvalue weighted by atomic mass is 79.9. The Morgan fingerprint density at radius 2 is 1.78 bits per heavy atom. The Balaban J connectivity index is 1.28. The molecule has 8 heteroatoms. The van der Waals surface area contributed by atoms with Crippen molar-refractivity contribution in [1.29, 1.82) is 0 Å². The lowest BCUT2D eigenvalue weighted by Crippen LogP contribution is -2.56. The highest BCUT2D eigenvalue weighted by molar-refractivity contribution is 9.10. The minimum atomic E-state index is -3.14. The predicted molar refractivity (Wildman–Crippen MR) is 124 cm³/mol. The van der Waals surface area contributed by atoms with Crippen LogP contribution in [0.15, 0.2) is 30.3 Å². The highest BCUT2D eigenvalue weighted by Gasteiger charge is 2.60. The molecule has 174 valence electrons. The summed E-state index contributed by atoms with van der Waals surface area (Å²) >= 11 is 3.92. The highest BCUT2D eigenvalue weighted by Crippen LogP contribution is 2.64. The minimum Gasteiger partial charge on any atom is -0.455 e. The second kappa shape index (κ2) is 8.12. The maximum atomic E-state index is 13.2. The number of hydrogen-bond donors (Lipinski definition) is 0. The lowest BCUT2D eigenvalue weighted by Gasteiger charge is -2.58. The normalized spacial score (nSPS) is 36.7. The number of nitrogens with zero attached hydrogens (tertiary/aromatic N) is 1. The molecule has 1 aliphatic heterocycles. The van der Waals surface area contributed by atoms with Crippen molar-refractivity contribution in [3.05, 3.63) is 35.9 Å². The fourth-order valence-corrected chi connectivity index (χ4v) is 10.2. The van der Waals surface area contributed by atoms with E-state index in [1.807, 2.05) is 30.3 Å². The van der Waals surface area contributed by atoms with Gasteiger partial charge in [-0.05, 0) is 62.3 Å². The Morgan fingerprint density at radius 3 is 2.38 bits per heavy atom. The molecule has 1 amide bonds. The summed E-state index contributed by atoms with van der Waals surface area (Å²) in [5.74, 6) is 0.605. The Morgan fingerprint density at radius 1 is 1.09 bits per heavy atom. The fourth-order valence-electron chi connectivity index (χ4n) is 6.98. The average Bonchev–Trinajstić information content (AvgIpc) is 3.08. The summed E-state index contributed by atoms with van der Waals surface area (Å²) in [5, 5.41) is 0. The van der Waals surface area contributed by atoms with E-state index in [1.165, 1.54) is 6.42 Å². The van der Waals surface area contributed by atoms with Crippen molar-refractivity contribution < 1.29 is 22.7 Å². The van der Waals surface area contributed by atoms with Crippen LogP contribution in [-0.4, -0.2) is 53.7 Å². The van der Waals surface area contributed by atoms with Crippen LogP contribution in [0.2, 0.25) is 0 Å². The van der Waals surface area contributed by atoms with Crippen molar-refractivity contribution in [3.63, 3.8) is 0 Å². The molecule has 3 unspecified atom stereocenters. The number of amides is 1.